The number of alkyl halides is 4. The van der Waals surface area contributed by atoms with E-state index in [0.29, 0.717) is 0 Å². The van der Waals surface area contributed by atoms with Gasteiger partial charge in [0.2, 0.25) is 0 Å². The molecule has 0 heterocycles. The number of hydrogen-bond acceptors (Lipinski definition) is 1. The maximum Gasteiger partial charge on any atom is 0.416 e. The molecule has 0 saturated heterocycles. The first-order valence-electron chi connectivity index (χ1n) is 3.53. The van der Waals surface area contributed by atoms with Crippen LogP contribution in [0.3, 0.4) is 0 Å². The van der Waals surface area contributed by atoms with Gasteiger partial charge in [0.05, 0.1) is 11.6 Å². The van der Waals surface area contributed by atoms with E-state index in [0.717, 1.165) is 12.2 Å². The van der Waals surface area contributed by atoms with Crippen molar-refractivity contribution in [2.24, 2.45) is 0 Å². The molecule has 0 N–H and O–H groups in total. The Labute approximate surface area is 92.0 Å². The lowest BCUT2D eigenvalue weighted by Gasteiger charge is -2.21. The first-order chi connectivity index (χ1) is 6.27. The minimum Gasteiger partial charge on any atom is -0.196 e. The van der Waals surface area contributed by atoms with Crippen molar-refractivity contribution in [3.05, 3.63) is 22.2 Å². The Hall–Kier alpha value is -0.470. The van der Waals surface area contributed by atoms with Gasteiger partial charge in [0.1, 0.15) is 0 Å². The molecule has 76 valence electrons. The van der Waals surface area contributed by atoms with Crippen molar-refractivity contribution in [2.75, 3.05) is 0 Å². The van der Waals surface area contributed by atoms with Gasteiger partial charge in [-0.05, 0) is 16.6 Å². The molecule has 0 radical (unpaired) electrons. The Balaban J connectivity index is 3.14. The fourth-order valence-electron chi connectivity index (χ4n) is 1.04. The molecule has 14 heavy (non-hydrogen) atoms. The molecule has 1 aliphatic rings. The number of allylic oxidation sites excluding steroid dienone is 4. The summed E-state index contributed by atoms with van der Waals surface area (Å²) in [6.07, 6.45) is -2.77. The molecule has 0 aliphatic heterocycles. The minimum absolute atomic E-state index is 0.0463. The standard InChI is InChI=1S/C8H4BrClF3N/c9-6-1-5(8(11,12)13)2-7(10,3-6)4-14/h1-2H,3H2. The average Bonchev–Trinajstić information content (AvgIpc) is 2.01. The lowest BCUT2D eigenvalue weighted by molar-refractivity contribution is -0.0887. The van der Waals surface area contributed by atoms with Crippen LogP contribution in [0.5, 0.6) is 0 Å². The zero-order valence-corrected chi connectivity index (χ0v) is 9.04. The maximum atomic E-state index is 12.3. The summed E-state index contributed by atoms with van der Waals surface area (Å²) in [6.45, 7) is 0. The van der Waals surface area contributed by atoms with Gasteiger partial charge in [-0.3, -0.25) is 0 Å². The molecule has 0 fully saturated rings. The monoisotopic (exact) mass is 285 g/mol. The summed E-state index contributed by atoms with van der Waals surface area (Å²) >= 11 is 8.57. The van der Waals surface area contributed by atoms with E-state index in [9.17, 15) is 13.2 Å². The molecule has 1 rings (SSSR count). The highest BCUT2D eigenvalue weighted by molar-refractivity contribution is 9.11. The van der Waals surface area contributed by atoms with Crippen molar-refractivity contribution in [1.29, 1.82) is 5.26 Å². The van der Waals surface area contributed by atoms with E-state index in [4.69, 9.17) is 16.9 Å². The lowest BCUT2D eigenvalue weighted by atomic mass is 9.96. The highest BCUT2D eigenvalue weighted by atomic mass is 79.9. The van der Waals surface area contributed by atoms with Crippen LogP contribution in [0, 0.1) is 11.3 Å². The number of hydrogen-bond donors (Lipinski definition) is 0. The lowest BCUT2D eigenvalue weighted by Crippen LogP contribution is -2.23. The fourth-order valence-corrected chi connectivity index (χ4v) is 2.15. The van der Waals surface area contributed by atoms with Gasteiger partial charge in [-0.15, -0.1) is 0 Å². The molecule has 0 saturated carbocycles. The highest BCUT2D eigenvalue weighted by Crippen LogP contribution is 2.39. The summed E-state index contributed by atoms with van der Waals surface area (Å²) in [5.74, 6) is 0. The second kappa shape index (κ2) is 3.59. The average molecular weight is 286 g/mol. The van der Waals surface area contributed by atoms with Crippen LogP contribution in [-0.2, 0) is 0 Å². The van der Waals surface area contributed by atoms with Gasteiger partial charge in [-0.25, -0.2) is 0 Å². The van der Waals surface area contributed by atoms with E-state index in [1.807, 2.05) is 0 Å². The van der Waals surface area contributed by atoms with Crippen molar-refractivity contribution in [1.82, 2.24) is 0 Å². The Bertz CT molecular complexity index is 353. The van der Waals surface area contributed by atoms with Crippen LogP contribution in [-0.4, -0.2) is 11.1 Å². The molecule has 0 aromatic rings. The van der Waals surface area contributed by atoms with Gasteiger partial charge in [0, 0.05) is 6.42 Å². The van der Waals surface area contributed by atoms with Crippen LogP contribution in [0.2, 0.25) is 0 Å². The second-order valence-corrected chi connectivity index (χ2v) is 4.53. The summed E-state index contributed by atoms with van der Waals surface area (Å²) in [6, 6.07) is 1.63. The molecule has 6 heteroatoms. The van der Waals surface area contributed by atoms with E-state index in [1.165, 1.54) is 0 Å². The smallest absolute Gasteiger partial charge is 0.196 e. The number of halogens is 5. The summed E-state index contributed by atoms with van der Waals surface area (Å²) < 4.78 is 37.1. The zero-order chi connectivity index (χ0) is 11.0. The van der Waals surface area contributed by atoms with E-state index < -0.39 is 16.6 Å². The Kier molecular flexibility index (Phi) is 2.98. The molecule has 1 unspecified atom stereocenters. The van der Waals surface area contributed by atoms with E-state index in [-0.39, 0.29) is 10.9 Å². The molecule has 0 spiro atoms. The number of rotatable bonds is 0. The Morgan fingerprint density at radius 3 is 2.57 bits per heavy atom. The summed E-state index contributed by atoms with van der Waals surface area (Å²) in [7, 11) is 0. The first kappa shape index (κ1) is 11.6. The van der Waals surface area contributed by atoms with Crippen LogP contribution >= 0.6 is 27.5 Å². The van der Waals surface area contributed by atoms with Crippen molar-refractivity contribution >= 4 is 27.5 Å². The van der Waals surface area contributed by atoms with Crippen molar-refractivity contribution in [2.45, 2.75) is 17.5 Å². The molecule has 0 aromatic heterocycles. The normalized spacial score (nSPS) is 27.7. The zero-order valence-electron chi connectivity index (χ0n) is 6.70. The van der Waals surface area contributed by atoms with Gasteiger partial charge in [-0.2, -0.15) is 18.4 Å². The first-order valence-corrected chi connectivity index (χ1v) is 4.70. The van der Waals surface area contributed by atoms with Gasteiger partial charge in [0.15, 0.2) is 4.87 Å². The van der Waals surface area contributed by atoms with Crippen molar-refractivity contribution < 1.29 is 13.2 Å². The molecule has 1 atom stereocenters. The molecule has 0 aromatic carbocycles. The van der Waals surface area contributed by atoms with Crippen molar-refractivity contribution in [3.63, 3.8) is 0 Å². The van der Waals surface area contributed by atoms with E-state index in [1.54, 1.807) is 6.07 Å². The molecule has 0 amide bonds. The molecular formula is C8H4BrClF3N. The predicted octanol–water partition coefficient (Wildman–Crippen LogP) is 3.66. The second-order valence-electron chi connectivity index (χ2n) is 2.84. The topological polar surface area (TPSA) is 23.8 Å². The van der Waals surface area contributed by atoms with Crippen LogP contribution in [0.25, 0.3) is 0 Å². The molecule has 1 nitrogen and oxygen atoms in total. The highest BCUT2D eigenvalue weighted by Gasteiger charge is 2.39. The molecule has 1 aliphatic carbocycles. The summed E-state index contributed by atoms with van der Waals surface area (Å²) in [5, 5.41) is 8.61. The Morgan fingerprint density at radius 1 is 1.57 bits per heavy atom. The Morgan fingerprint density at radius 2 is 2.14 bits per heavy atom. The third kappa shape index (κ3) is 2.52. The SMILES string of the molecule is N#CC1(Cl)C=C(C(F)(F)F)C=C(Br)C1. The summed E-state index contributed by atoms with van der Waals surface area (Å²) in [4.78, 5) is -1.60. The van der Waals surface area contributed by atoms with E-state index >= 15 is 0 Å². The number of nitrogens with zero attached hydrogens (tertiary/aromatic N) is 1. The van der Waals surface area contributed by atoms with Gasteiger partial charge >= 0.3 is 6.18 Å². The van der Waals surface area contributed by atoms with Gasteiger partial charge in [-0.1, -0.05) is 27.5 Å². The third-order valence-corrected chi connectivity index (χ3v) is 2.47. The molecule has 0 bridgehead atoms. The number of nitriles is 1. The van der Waals surface area contributed by atoms with Crippen LogP contribution in [0.4, 0.5) is 13.2 Å². The quantitative estimate of drug-likeness (QED) is 0.623. The van der Waals surface area contributed by atoms with Gasteiger partial charge in [0.25, 0.3) is 0 Å². The summed E-state index contributed by atoms with van der Waals surface area (Å²) in [5.41, 5.74) is -0.896. The fraction of sp³-hybridized carbons (Fsp3) is 0.375. The maximum absolute atomic E-state index is 12.3. The van der Waals surface area contributed by atoms with Crippen LogP contribution < -0.4 is 0 Å². The largest absolute Gasteiger partial charge is 0.416 e. The third-order valence-electron chi connectivity index (χ3n) is 1.64. The van der Waals surface area contributed by atoms with Crippen LogP contribution in [0.15, 0.2) is 22.2 Å². The van der Waals surface area contributed by atoms with Gasteiger partial charge < -0.3 is 0 Å². The molecular weight excluding hydrogens is 282 g/mol. The minimum atomic E-state index is -4.48. The van der Waals surface area contributed by atoms with Crippen LogP contribution in [0.1, 0.15) is 6.42 Å². The predicted molar refractivity (Wildman–Crippen MR) is 50.0 cm³/mol. The van der Waals surface area contributed by atoms with Crippen molar-refractivity contribution in [3.8, 4) is 6.07 Å². The van der Waals surface area contributed by atoms with E-state index in [2.05, 4.69) is 15.9 Å².